The minimum Gasteiger partial charge on any atom is -0.466 e. The van der Waals surface area contributed by atoms with E-state index in [0.717, 1.165) is 26.9 Å². The summed E-state index contributed by atoms with van der Waals surface area (Å²) in [4.78, 5) is 12.3. The lowest BCUT2D eigenvalue weighted by molar-refractivity contribution is 0.0991. The monoisotopic (exact) mass is 306 g/mol. The van der Waals surface area contributed by atoms with Crippen molar-refractivity contribution in [1.29, 1.82) is 0 Å². The number of aryl methyl sites for hydroxylation is 2. The molecule has 2 aromatic rings. The third-order valence-electron chi connectivity index (χ3n) is 3.12. The highest BCUT2D eigenvalue weighted by molar-refractivity contribution is 9.10. The lowest BCUT2D eigenvalue weighted by Gasteiger charge is -2.02. The van der Waals surface area contributed by atoms with Crippen molar-refractivity contribution in [3.05, 3.63) is 56.9 Å². The molecule has 0 N–H and O–H groups in total. The minimum atomic E-state index is 0.115. The van der Waals surface area contributed by atoms with Crippen LogP contribution >= 0.6 is 15.9 Å². The molecular weight excluding hydrogens is 292 g/mol. The van der Waals surface area contributed by atoms with E-state index < -0.39 is 0 Å². The summed E-state index contributed by atoms with van der Waals surface area (Å²) >= 11 is 3.38. The van der Waals surface area contributed by atoms with Gasteiger partial charge in [-0.1, -0.05) is 28.1 Å². The van der Waals surface area contributed by atoms with E-state index in [1.165, 1.54) is 0 Å². The molecule has 0 unspecified atom stereocenters. The van der Waals surface area contributed by atoms with Crippen molar-refractivity contribution in [3.8, 4) is 0 Å². The van der Waals surface area contributed by atoms with Crippen molar-refractivity contribution in [2.75, 3.05) is 0 Å². The first-order valence-electron chi connectivity index (χ1n) is 5.83. The molecule has 0 amide bonds. The van der Waals surface area contributed by atoms with Crippen LogP contribution in [0.25, 0.3) is 0 Å². The van der Waals surface area contributed by atoms with Gasteiger partial charge >= 0.3 is 0 Å². The normalized spacial score (nSPS) is 10.7. The van der Waals surface area contributed by atoms with Crippen LogP contribution in [0.1, 0.15) is 33.0 Å². The lowest BCUT2D eigenvalue weighted by atomic mass is 10.00. The standard InChI is InChI=1S/C15H15BrO2/c1-9-10(2)18-11(3)15(9)14(17)8-12-4-6-13(16)7-5-12/h4-7H,8H2,1-3H3. The minimum absolute atomic E-state index is 0.115. The average molecular weight is 307 g/mol. The van der Waals surface area contributed by atoms with E-state index in [1.807, 2.05) is 45.0 Å². The van der Waals surface area contributed by atoms with Gasteiger partial charge < -0.3 is 4.42 Å². The Bertz CT molecular complexity index is 579. The zero-order valence-corrected chi connectivity index (χ0v) is 12.3. The van der Waals surface area contributed by atoms with E-state index >= 15 is 0 Å². The second kappa shape index (κ2) is 5.11. The summed E-state index contributed by atoms with van der Waals surface area (Å²) in [6.45, 7) is 5.66. The van der Waals surface area contributed by atoms with E-state index in [4.69, 9.17) is 4.42 Å². The molecule has 0 saturated carbocycles. The van der Waals surface area contributed by atoms with Gasteiger partial charge in [-0.05, 0) is 38.5 Å². The maximum absolute atomic E-state index is 12.3. The molecule has 1 aromatic carbocycles. The second-order valence-electron chi connectivity index (χ2n) is 4.44. The number of furan rings is 1. The van der Waals surface area contributed by atoms with Crippen LogP contribution in [0.5, 0.6) is 0 Å². The molecule has 1 heterocycles. The average Bonchev–Trinajstić information content (AvgIpc) is 2.56. The third kappa shape index (κ3) is 2.56. The van der Waals surface area contributed by atoms with Crippen molar-refractivity contribution in [3.63, 3.8) is 0 Å². The second-order valence-corrected chi connectivity index (χ2v) is 5.36. The van der Waals surface area contributed by atoms with E-state index in [9.17, 15) is 4.79 Å². The predicted octanol–water partition coefficient (Wildman–Crippen LogP) is 4.39. The first-order valence-corrected chi connectivity index (χ1v) is 6.62. The van der Waals surface area contributed by atoms with E-state index in [-0.39, 0.29) is 5.78 Å². The number of ketones is 1. The van der Waals surface area contributed by atoms with Gasteiger partial charge in [0.1, 0.15) is 11.5 Å². The van der Waals surface area contributed by atoms with Gasteiger partial charge in [0.15, 0.2) is 5.78 Å². The number of hydrogen-bond acceptors (Lipinski definition) is 2. The van der Waals surface area contributed by atoms with Gasteiger partial charge in [-0.2, -0.15) is 0 Å². The van der Waals surface area contributed by atoms with Crippen molar-refractivity contribution in [2.24, 2.45) is 0 Å². The smallest absolute Gasteiger partial charge is 0.171 e. The molecule has 1 aromatic heterocycles. The summed E-state index contributed by atoms with van der Waals surface area (Å²) in [5.74, 6) is 1.66. The number of carbonyl (C=O) groups excluding carboxylic acids is 1. The summed E-state index contributed by atoms with van der Waals surface area (Å²) < 4.78 is 6.51. The highest BCUT2D eigenvalue weighted by Crippen LogP contribution is 2.22. The highest BCUT2D eigenvalue weighted by Gasteiger charge is 2.18. The Balaban J connectivity index is 2.24. The molecular formula is C15H15BrO2. The Morgan fingerprint density at radius 3 is 2.22 bits per heavy atom. The van der Waals surface area contributed by atoms with Crippen LogP contribution < -0.4 is 0 Å². The molecule has 0 aliphatic rings. The first-order chi connectivity index (χ1) is 8.49. The molecule has 0 radical (unpaired) electrons. The van der Waals surface area contributed by atoms with Crippen molar-refractivity contribution in [2.45, 2.75) is 27.2 Å². The summed E-state index contributed by atoms with van der Waals surface area (Å²) in [5.41, 5.74) is 2.70. The van der Waals surface area contributed by atoms with Crippen LogP contribution in [0.15, 0.2) is 33.2 Å². The summed E-state index contributed by atoms with van der Waals surface area (Å²) in [6.07, 6.45) is 0.411. The Morgan fingerprint density at radius 2 is 1.72 bits per heavy atom. The molecule has 0 atom stereocenters. The molecule has 2 rings (SSSR count). The number of Topliss-reactive ketones (excluding diaryl/α,β-unsaturated/α-hetero) is 1. The fraction of sp³-hybridized carbons (Fsp3) is 0.267. The predicted molar refractivity (Wildman–Crippen MR) is 75.1 cm³/mol. The summed E-state index contributed by atoms with van der Waals surface area (Å²) in [7, 11) is 0. The Labute approximate surface area is 115 Å². The van der Waals surface area contributed by atoms with Crippen LogP contribution in [-0.4, -0.2) is 5.78 Å². The van der Waals surface area contributed by atoms with Crippen molar-refractivity contribution in [1.82, 2.24) is 0 Å². The summed E-state index contributed by atoms with van der Waals surface area (Å²) in [6, 6.07) is 7.81. The van der Waals surface area contributed by atoms with Gasteiger partial charge in [-0.3, -0.25) is 4.79 Å². The number of halogens is 1. The van der Waals surface area contributed by atoms with Crippen LogP contribution in [0, 0.1) is 20.8 Å². The molecule has 3 heteroatoms. The Kier molecular flexibility index (Phi) is 3.71. The zero-order chi connectivity index (χ0) is 13.3. The number of rotatable bonds is 3. The molecule has 0 aliphatic heterocycles. The fourth-order valence-electron chi connectivity index (χ4n) is 2.08. The molecule has 0 bridgehead atoms. The SMILES string of the molecule is Cc1oc(C)c(C(=O)Cc2ccc(Br)cc2)c1C. The largest absolute Gasteiger partial charge is 0.466 e. The number of carbonyl (C=O) groups is 1. The zero-order valence-electron chi connectivity index (χ0n) is 10.7. The topological polar surface area (TPSA) is 30.2 Å². The van der Waals surface area contributed by atoms with Gasteiger partial charge in [0.2, 0.25) is 0 Å². The fourth-order valence-corrected chi connectivity index (χ4v) is 2.34. The highest BCUT2D eigenvalue weighted by atomic mass is 79.9. The summed E-state index contributed by atoms with van der Waals surface area (Å²) in [5, 5.41) is 0. The van der Waals surface area contributed by atoms with Crippen LogP contribution in [0.3, 0.4) is 0 Å². The quantitative estimate of drug-likeness (QED) is 0.787. The molecule has 0 spiro atoms. The van der Waals surface area contributed by atoms with Gasteiger partial charge in [0, 0.05) is 16.5 Å². The first kappa shape index (κ1) is 13.1. The molecule has 0 saturated heterocycles. The van der Waals surface area contributed by atoms with Crippen LogP contribution in [0.2, 0.25) is 0 Å². The molecule has 0 fully saturated rings. The van der Waals surface area contributed by atoms with E-state index in [1.54, 1.807) is 0 Å². The molecule has 94 valence electrons. The lowest BCUT2D eigenvalue weighted by Crippen LogP contribution is -2.05. The van der Waals surface area contributed by atoms with Crippen LogP contribution in [-0.2, 0) is 6.42 Å². The van der Waals surface area contributed by atoms with Gasteiger partial charge in [0.05, 0.1) is 5.56 Å². The van der Waals surface area contributed by atoms with Crippen LogP contribution in [0.4, 0.5) is 0 Å². The van der Waals surface area contributed by atoms with E-state index in [2.05, 4.69) is 15.9 Å². The number of benzene rings is 1. The van der Waals surface area contributed by atoms with Gasteiger partial charge in [0.25, 0.3) is 0 Å². The Morgan fingerprint density at radius 1 is 1.11 bits per heavy atom. The maximum Gasteiger partial charge on any atom is 0.171 e. The van der Waals surface area contributed by atoms with Crippen molar-refractivity contribution < 1.29 is 9.21 Å². The van der Waals surface area contributed by atoms with Gasteiger partial charge in [-0.25, -0.2) is 0 Å². The molecule has 0 aliphatic carbocycles. The number of hydrogen-bond donors (Lipinski definition) is 0. The molecule has 18 heavy (non-hydrogen) atoms. The van der Waals surface area contributed by atoms with Crippen molar-refractivity contribution >= 4 is 21.7 Å². The molecule has 2 nitrogen and oxygen atoms in total. The van der Waals surface area contributed by atoms with E-state index in [0.29, 0.717) is 12.2 Å². The van der Waals surface area contributed by atoms with Gasteiger partial charge in [-0.15, -0.1) is 0 Å². The third-order valence-corrected chi connectivity index (χ3v) is 3.65. The maximum atomic E-state index is 12.3. The Hall–Kier alpha value is -1.35.